The number of nitrogens with one attached hydrogen (secondary N) is 1. The van der Waals surface area contributed by atoms with E-state index in [1.165, 1.54) is 24.0 Å². The van der Waals surface area contributed by atoms with E-state index in [1.807, 2.05) is 0 Å². The van der Waals surface area contributed by atoms with Gasteiger partial charge in [0.25, 0.3) is 0 Å². The zero-order valence-corrected chi connectivity index (χ0v) is 11.1. The SMILES string of the molecule is CCc1ccc(CN(C)CCNC2CC2)cc1. The summed E-state index contributed by atoms with van der Waals surface area (Å²) in [6, 6.07) is 9.82. The van der Waals surface area contributed by atoms with E-state index in [2.05, 4.69) is 48.5 Å². The average molecular weight is 232 g/mol. The van der Waals surface area contributed by atoms with Crippen LogP contribution in [0.4, 0.5) is 0 Å². The lowest BCUT2D eigenvalue weighted by molar-refractivity contribution is 0.324. The van der Waals surface area contributed by atoms with E-state index >= 15 is 0 Å². The molecule has 0 aromatic heterocycles. The predicted octanol–water partition coefficient (Wildman–Crippen LogP) is 2.43. The van der Waals surface area contributed by atoms with Crippen molar-refractivity contribution in [2.75, 3.05) is 20.1 Å². The molecular formula is C15H24N2. The van der Waals surface area contributed by atoms with Crippen LogP contribution in [-0.2, 0) is 13.0 Å². The first kappa shape index (κ1) is 12.6. The Morgan fingerprint density at radius 2 is 1.82 bits per heavy atom. The molecular weight excluding hydrogens is 208 g/mol. The minimum atomic E-state index is 0.826. The fraction of sp³-hybridized carbons (Fsp3) is 0.600. The fourth-order valence-corrected chi connectivity index (χ4v) is 2.02. The summed E-state index contributed by atoms with van der Waals surface area (Å²) in [5.74, 6) is 0. The second kappa shape index (κ2) is 6.18. The van der Waals surface area contributed by atoms with E-state index in [4.69, 9.17) is 0 Å². The van der Waals surface area contributed by atoms with Crippen molar-refractivity contribution < 1.29 is 0 Å². The van der Waals surface area contributed by atoms with Gasteiger partial charge in [-0.15, -0.1) is 0 Å². The van der Waals surface area contributed by atoms with Crippen molar-refractivity contribution in [2.45, 2.75) is 38.8 Å². The molecule has 0 atom stereocenters. The summed E-state index contributed by atoms with van der Waals surface area (Å²) in [5.41, 5.74) is 2.84. The first-order valence-corrected chi connectivity index (χ1v) is 6.77. The highest BCUT2D eigenvalue weighted by Crippen LogP contribution is 2.18. The van der Waals surface area contributed by atoms with E-state index in [0.717, 1.165) is 32.1 Å². The fourth-order valence-electron chi connectivity index (χ4n) is 2.02. The van der Waals surface area contributed by atoms with E-state index in [-0.39, 0.29) is 0 Å². The van der Waals surface area contributed by atoms with Crippen molar-refractivity contribution in [3.8, 4) is 0 Å². The maximum Gasteiger partial charge on any atom is 0.0231 e. The molecule has 2 rings (SSSR count). The molecule has 0 saturated heterocycles. The molecule has 1 aromatic carbocycles. The molecule has 0 aliphatic heterocycles. The zero-order chi connectivity index (χ0) is 12.1. The first-order chi connectivity index (χ1) is 8.28. The van der Waals surface area contributed by atoms with E-state index in [0.29, 0.717) is 0 Å². The lowest BCUT2D eigenvalue weighted by Crippen LogP contribution is -2.30. The molecule has 0 radical (unpaired) electrons. The third-order valence-corrected chi connectivity index (χ3v) is 3.39. The highest BCUT2D eigenvalue weighted by Gasteiger charge is 2.19. The molecule has 17 heavy (non-hydrogen) atoms. The summed E-state index contributed by atoms with van der Waals surface area (Å²) in [4.78, 5) is 2.39. The van der Waals surface area contributed by atoms with Crippen LogP contribution < -0.4 is 5.32 Å². The van der Waals surface area contributed by atoms with E-state index < -0.39 is 0 Å². The van der Waals surface area contributed by atoms with Gasteiger partial charge in [-0.25, -0.2) is 0 Å². The van der Waals surface area contributed by atoms with Crippen LogP contribution in [0.2, 0.25) is 0 Å². The number of benzene rings is 1. The molecule has 1 aliphatic carbocycles. The average Bonchev–Trinajstić information content (AvgIpc) is 3.14. The molecule has 0 spiro atoms. The topological polar surface area (TPSA) is 15.3 Å². The third-order valence-electron chi connectivity index (χ3n) is 3.39. The maximum atomic E-state index is 3.55. The quantitative estimate of drug-likeness (QED) is 0.777. The maximum absolute atomic E-state index is 3.55. The molecule has 0 unspecified atom stereocenters. The first-order valence-electron chi connectivity index (χ1n) is 6.77. The van der Waals surface area contributed by atoms with Gasteiger partial charge in [0.2, 0.25) is 0 Å². The van der Waals surface area contributed by atoms with Crippen LogP contribution >= 0.6 is 0 Å². The molecule has 2 nitrogen and oxygen atoms in total. The molecule has 1 fully saturated rings. The van der Waals surface area contributed by atoms with Crippen molar-refractivity contribution in [1.29, 1.82) is 0 Å². The number of rotatable bonds is 7. The van der Waals surface area contributed by atoms with Crippen molar-refractivity contribution in [3.63, 3.8) is 0 Å². The Morgan fingerprint density at radius 1 is 1.18 bits per heavy atom. The van der Waals surface area contributed by atoms with Gasteiger partial charge in [-0.3, -0.25) is 0 Å². The number of hydrogen-bond acceptors (Lipinski definition) is 2. The van der Waals surface area contributed by atoms with Crippen molar-refractivity contribution in [3.05, 3.63) is 35.4 Å². The Hall–Kier alpha value is -0.860. The Balaban J connectivity index is 1.70. The molecule has 0 amide bonds. The Bertz CT molecular complexity index is 327. The van der Waals surface area contributed by atoms with Gasteiger partial charge in [0.15, 0.2) is 0 Å². The summed E-state index contributed by atoms with van der Waals surface area (Å²) >= 11 is 0. The molecule has 1 aromatic rings. The van der Waals surface area contributed by atoms with Crippen LogP contribution in [-0.4, -0.2) is 31.1 Å². The van der Waals surface area contributed by atoms with Crippen LogP contribution in [0, 0.1) is 0 Å². The number of likely N-dealkylation sites (N-methyl/N-ethyl adjacent to an activating group) is 1. The highest BCUT2D eigenvalue weighted by molar-refractivity contribution is 5.22. The molecule has 94 valence electrons. The summed E-state index contributed by atoms with van der Waals surface area (Å²) in [6.07, 6.45) is 3.88. The normalized spacial score (nSPS) is 15.5. The smallest absolute Gasteiger partial charge is 0.0231 e. The second-order valence-electron chi connectivity index (χ2n) is 5.14. The molecule has 1 N–H and O–H groups in total. The van der Waals surface area contributed by atoms with Crippen LogP contribution in [0.3, 0.4) is 0 Å². The number of aryl methyl sites for hydroxylation is 1. The van der Waals surface area contributed by atoms with Crippen LogP contribution in [0.1, 0.15) is 30.9 Å². The van der Waals surface area contributed by atoms with Crippen LogP contribution in [0.15, 0.2) is 24.3 Å². The van der Waals surface area contributed by atoms with Crippen molar-refractivity contribution in [2.24, 2.45) is 0 Å². The third kappa shape index (κ3) is 4.49. The van der Waals surface area contributed by atoms with Crippen molar-refractivity contribution >= 4 is 0 Å². The summed E-state index contributed by atoms with van der Waals surface area (Å²) in [7, 11) is 2.20. The van der Waals surface area contributed by atoms with E-state index in [1.54, 1.807) is 0 Å². The monoisotopic (exact) mass is 232 g/mol. The van der Waals surface area contributed by atoms with Gasteiger partial charge in [-0.1, -0.05) is 31.2 Å². The predicted molar refractivity (Wildman–Crippen MR) is 73.2 cm³/mol. The zero-order valence-electron chi connectivity index (χ0n) is 11.1. The van der Waals surface area contributed by atoms with Gasteiger partial charge in [0.1, 0.15) is 0 Å². The minimum absolute atomic E-state index is 0.826. The Kier molecular flexibility index (Phi) is 4.57. The summed E-state index contributed by atoms with van der Waals surface area (Å²) in [5, 5.41) is 3.55. The van der Waals surface area contributed by atoms with Gasteiger partial charge in [-0.2, -0.15) is 0 Å². The second-order valence-corrected chi connectivity index (χ2v) is 5.14. The van der Waals surface area contributed by atoms with Gasteiger partial charge in [-0.05, 0) is 37.4 Å². The molecule has 2 heteroatoms. The molecule has 1 saturated carbocycles. The van der Waals surface area contributed by atoms with Gasteiger partial charge >= 0.3 is 0 Å². The Morgan fingerprint density at radius 3 is 2.41 bits per heavy atom. The van der Waals surface area contributed by atoms with Gasteiger partial charge in [0.05, 0.1) is 0 Å². The largest absolute Gasteiger partial charge is 0.313 e. The van der Waals surface area contributed by atoms with Crippen LogP contribution in [0.5, 0.6) is 0 Å². The highest BCUT2D eigenvalue weighted by atomic mass is 15.1. The standard InChI is InChI=1S/C15H24N2/c1-3-13-4-6-14(7-5-13)12-17(2)11-10-16-15-8-9-15/h4-7,15-16H,3,8-12H2,1-2H3. The molecule has 0 heterocycles. The van der Waals surface area contributed by atoms with Crippen molar-refractivity contribution in [1.82, 2.24) is 10.2 Å². The van der Waals surface area contributed by atoms with Gasteiger partial charge < -0.3 is 10.2 Å². The molecule has 0 bridgehead atoms. The van der Waals surface area contributed by atoms with Gasteiger partial charge in [0, 0.05) is 25.7 Å². The van der Waals surface area contributed by atoms with E-state index in [9.17, 15) is 0 Å². The summed E-state index contributed by atoms with van der Waals surface area (Å²) in [6.45, 7) is 5.50. The summed E-state index contributed by atoms with van der Waals surface area (Å²) < 4.78 is 0. The lowest BCUT2D eigenvalue weighted by Gasteiger charge is -2.17. The molecule has 1 aliphatic rings. The van der Waals surface area contributed by atoms with Crippen LogP contribution in [0.25, 0.3) is 0 Å². The lowest BCUT2D eigenvalue weighted by atomic mass is 10.1. The minimum Gasteiger partial charge on any atom is -0.313 e. The Labute approximate surface area is 105 Å². The number of nitrogens with zero attached hydrogens (tertiary/aromatic N) is 1. The number of hydrogen-bond donors (Lipinski definition) is 1.